The van der Waals surface area contributed by atoms with Crippen LogP contribution in [0.1, 0.15) is 6.42 Å². The first-order valence-corrected chi connectivity index (χ1v) is 2.62. The smallest absolute Gasteiger partial charge is 0.314 e. The highest BCUT2D eigenvalue weighted by molar-refractivity contribution is 5.71. The SMILES string of the molecule is C#CCCN(C)C(N)=O. The Balaban J connectivity index is 3.41. The number of nitrogens with zero attached hydrogens (tertiary/aromatic N) is 1. The fourth-order valence-corrected chi connectivity index (χ4v) is 0.342. The van der Waals surface area contributed by atoms with Crippen LogP contribution < -0.4 is 5.73 Å². The van der Waals surface area contributed by atoms with Gasteiger partial charge in [0.1, 0.15) is 0 Å². The summed E-state index contributed by atoms with van der Waals surface area (Å²) >= 11 is 0. The molecule has 0 heterocycles. The molecular weight excluding hydrogens is 116 g/mol. The second-order valence-corrected chi connectivity index (χ2v) is 1.71. The molecule has 0 aliphatic carbocycles. The van der Waals surface area contributed by atoms with Gasteiger partial charge in [0.2, 0.25) is 0 Å². The Morgan fingerprint density at radius 1 is 1.89 bits per heavy atom. The van der Waals surface area contributed by atoms with Crippen molar-refractivity contribution in [2.45, 2.75) is 6.42 Å². The molecule has 9 heavy (non-hydrogen) atoms. The lowest BCUT2D eigenvalue weighted by molar-refractivity contribution is 0.219. The molecule has 0 aromatic rings. The third kappa shape index (κ3) is 3.42. The third-order valence-corrected chi connectivity index (χ3v) is 0.968. The molecule has 0 atom stereocenters. The maximum atomic E-state index is 10.3. The van der Waals surface area contributed by atoms with Crippen LogP contribution in [0.2, 0.25) is 0 Å². The zero-order valence-electron chi connectivity index (χ0n) is 5.42. The Bertz CT molecular complexity index is 136. The van der Waals surface area contributed by atoms with Gasteiger partial charge in [0.15, 0.2) is 0 Å². The van der Waals surface area contributed by atoms with Gasteiger partial charge in [-0.2, -0.15) is 0 Å². The van der Waals surface area contributed by atoms with Crippen LogP contribution in [0.15, 0.2) is 0 Å². The predicted molar refractivity (Wildman–Crippen MR) is 35.7 cm³/mol. The van der Waals surface area contributed by atoms with Crippen molar-refractivity contribution in [1.82, 2.24) is 4.90 Å². The Kier molecular flexibility index (Phi) is 3.29. The number of rotatable bonds is 2. The summed E-state index contributed by atoms with van der Waals surface area (Å²) in [5.74, 6) is 2.40. The largest absolute Gasteiger partial charge is 0.351 e. The van der Waals surface area contributed by atoms with Crippen LogP contribution >= 0.6 is 0 Å². The third-order valence-electron chi connectivity index (χ3n) is 0.968. The lowest BCUT2D eigenvalue weighted by Gasteiger charge is -2.10. The lowest BCUT2D eigenvalue weighted by Crippen LogP contribution is -2.32. The van der Waals surface area contributed by atoms with Gasteiger partial charge in [0.25, 0.3) is 0 Å². The summed E-state index contributed by atoms with van der Waals surface area (Å²) in [7, 11) is 1.61. The number of urea groups is 1. The molecule has 0 aromatic heterocycles. The van der Waals surface area contributed by atoms with Crippen molar-refractivity contribution in [2.24, 2.45) is 5.73 Å². The monoisotopic (exact) mass is 126 g/mol. The molecular formula is C6H10N2O. The first kappa shape index (κ1) is 7.83. The molecule has 0 radical (unpaired) electrons. The van der Waals surface area contributed by atoms with Gasteiger partial charge in [-0.3, -0.25) is 0 Å². The first-order valence-electron chi connectivity index (χ1n) is 2.62. The molecule has 0 aromatic carbocycles. The number of nitrogens with two attached hydrogens (primary N) is 1. The van der Waals surface area contributed by atoms with Gasteiger partial charge in [-0.05, 0) is 0 Å². The van der Waals surface area contributed by atoms with E-state index < -0.39 is 6.03 Å². The minimum absolute atomic E-state index is 0.440. The number of terminal acetylenes is 1. The Morgan fingerprint density at radius 2 is 2.44 bits per heavy atom. The molecule has 2 amide bonds. The standard InChI is InChI=1S/C6H10N2O/c1-3-4-5-8(2)6(7)9/h1H,4-5H2,2H3,(H2,7,9). The average Bonchev–Trinajstić information content (AvgIpc) is 1.82. The number of carbonyl (C=O) groups excluding carboxylic acids is 1. The molecule has 0 fully saturated rings. The maximum absolute atomic E-state index is 10.3. The highest BCUT2D eigenvalue weighted by Gasteiger charge is 1.98. The zero-order chi connectivity index (χ0) is 7.28. The Hall–Kier alpha value is -1.17. The van der Waals surface area contributed by atoms with Crippen molar-refractivity contribution in [3.63, 3.8) is 0 Å². The summed E-state index contributed by atoms with van der Waals surface area (Å²) in [4.78, 5) is 11.7. The number of carbonyl (C=O) groups is 1. The maximum Gasteiger partial charge on any atom is 0.314 e. The number of hydrogen-bond acceptors (Lipinski definition) is 1. The molecule has 2 N–H and O–H groups in total. The van der Waals surface area contributed by atoms with E-state index in [1.54, 1.807) is 7.05 Å². The van der Waals surface area contributed by atoms with Crippen molar-refractivity contribution in [2.75, 3.05) is 13.6 Å². The van der Waals surface area contributed by atoms with Crippen LogP contribution in [0.5, 0.6) is 0 Å². The lowest BCUT2D eigenvalue weighted by atomic mass is 10.4. The Labute approximate surface area is 54.8 Å². The summed E-state index contributed by atoms with van der Waals surface area (Å²) in [5.41, 5.74) is 4.90. The zero-order valence-corrected chi connectivity index (χ0v) is 5.42. The van der Waals surface area contributed by atoms with Gasteiger partial charge < -0.3 is 10.6 Å². The molecule has 0 unspecified atom stereocenters. The normalized spacial score (nSPS) is 8.00. The highest BCUT2D eigenvalue weighted by atomic mass is 16.2. The first-order chi connectivity index (χ1) is 4.18. The number of hydrogen-bond donors (Lipinski definition) is 1. The van der Waals surface area contributed by atoms with E-state index in [0.717, 1.165) is 0 Å². The topological polar surface area (TPSA) is 46.3 Å². The van der Waals surface area contributed by atoms with Gasteiger partial charge in [-0.1, -0.05) is 0 Å². The second kappa shape index (κ2) is 3.79. The van der Waals surface area contributed by atoms with Crippen LogP contribution in [0.4, 0.5) is 4.79 Å². The van der Waals surface area contributed by atoms with Crippen molar-refractivity contribution < 1.29 is 4.79 Å². The summed E-state index contributed by atoms with van der Waals surface area (Å²) in [6, 6.07) is -0.440. The fourth-order valence-electron chi connectivity index (χ4n) is 0.342. The molecule has 0 saturated heterocycles. The summed E-state index contributed by atoms with van der Waals surface area (Å²) in [6.45, 7) is 0.534. The highest BCUT2D eigenvalue weighted by Crippen LogP contribution is 1.83. The van der Waals surface area contributed by atoms with E-state index in [2.05, 4.69) is 5.92 Å². The van der Waals surface area contributed by atoms with Crippen molar-refractivity contribution >= 4 is 6.03 Å². The summed E-state index contributed by atoms with van der Waals surface area (Å²) in [6.07, 6.45) is 5.50. The minimum atomic E-state index is -0.440. The van der Waals surface area contributed by atoms with Gasteiger partial charge in [0, 0.05) is 20.0 Å². The Morgan fingerprint density at radius 3 is 2.78 bits per heavy atom. The molecule has 3 nitrogen and oxygen atoms in total. The molecule has 0 saturated carbocycles. The predicted octanol–water partition coefficient (Wildman–Crippen LogP) is 0.0202. The van der Waals surface area contributed by atoms with E-state index in [0.29, 0.717) is 13.0 Å². The quantitative estimate of drug-likeness (QED) is 0.521. The van der Waals surface area contributed by atoms with E-state index in [1.165, 1.54) is 4.90 Å². The van der Waals surface area contributed by atoms with Crippen molar-refractivity contribution in [1.29, 1.82) is 0 Å². The summed E-state index contributed by atoms with van der Waals surface area (Å²) in [5, 5.41) is 0. The number of amides is 2. The molecule has 0 rings (SSSR count). The average molecular weight is 126 g/mol. The van der Waals surface area contributed by atoms with Gasteiger partial charge >= 0.3 is 6.03 Å². The second-order valence-electron chi connectivity index (χ2n) is 1.71. The number of primary amides is 1. The van der Waals surface area contributed by atoms with Crippen LogP contribution in [0.25, 0.3) is 0 Å². The molecule has 3 heteroatoms. The van der Waals surface area contributed by atoms with E-state index in [4.69, 9.17) is 12.2 Å². The van der Waals surface area contributed by atoms with E-state index in [-0.39, 0.29) is 0 Å². The van der Waals surface area contributed by atoms with Crippen molar-refractivity contribution in [3.8, 4) is 12.3 Å². The molecule has 50 valence electrons. The minimum Gasteiger partial charge on any atom is -0.351 e. The van der Waals surface area contributed by atoms with Crippen LogP contribution in [0, 0.1) is 12.3 Å². The van der Waals surface area contributed by atoms with Crippen LogP contribution in [-0.4, -0.2) is 24.5 Å². The van der Waals surface area contributed by atoms with E-state index in [1.807, 2.05) is 0 Å². The van der Waals surface area contributed by atoms with Gasteiger partial charge in [-0.25, -0.2) is 4.79 Å². The van der Waals surface area contributed by atoms with E-state index in [9.17, 15) is 4.79 Å². The molecule has 0 aliphatic heterocycles. The fraction of sp³-hybridized carbons (Fsp3) is 0.500. The van der Waals surface area contributed by atoms with Crippen molar-refractivity contribution in [3.05, 3.63) is 0 Å². The van der Waals surface area contributed by atoms with E-state index >= 15 is 0 Å². The van der Waals surface area contributed by atoms with Gasteiger partial charge in [0.05, 0.1) is 0 Å². The molecule has 0 spiro atoms. The van der Waals surface area contributed by atoms with Gasteiger partial charge in [-0.15, -0.1) is 12.3 Å². The molecule has 0 bridgehead atoms. The van der Waals surface area contributed by atoms with Crippen LogP contribution in [-0.2, 0) is 0 Å². The van der Waals surface area contributed by atoms with Crippen LogP contribution in [0.3, 0.4) is 0 Å². The molecule has 0 aliphatic rings. The summed E-state index contributed by atoms with van der Waals surface area (Å²) < 4.78 is 0.